The van der Waals surface area contributed by atoms with Crippen molar-refractivity contribution in [2.45, 2.75) is 30.3 Å². The van der Waals surface area contributed by atoms with E-state index in [0.717, 1.165) is 36.0 Å². The highest BCUT2D eigenvalue weighted by atomic mass is 32.2. The van der Waals surface area contributed by atoms with E-state index in [1.165, 1.54) is 11.2 Å². The summed E-state index contributed by atoms with van der Waals surface area (Å²) >= 11 is 0. The normalized spacial score (nSPS) is 19.9. The van der Waals surface area contributed by atoms with E-state index in [-0.39, 0.29) is 6.10 Å². The van der Waals surface area contributed by atoms with Gasteiger partial charge >= 0.3 is 6.09 Å². The van der Waals surface area contributed by atoms with Crippen LogP contribution in [-0.2, 0) is 16.3 Å². The zero-order valence-electron chi connectivity index (χ0n) is 15.5. The van der Waals surface area contributed by atoms with Crippen LogP contribution in [0.3, 0.4) is 0 Å². The largest absolute Gasteiger partial charge is 0.473 e. The minimum atomic E-state index is -3.22. The van der Waals surface area contributed by atoms with E-state index >= 15 is 0 Å². The zero-order valence-corrected chi connectivity index (χ0v) is 16.4. The molecule has 0 radical (unpaired) electrons. The predicted molar refractivity (Wildman–Crippen MR) is 103 cm³/mol. The second kappa shape index (κ2) is 7.09. The molecule has 1 aromatic heterocycles. The number of likely N-dealkylation sites (tertiary alicyclic amines) is 1. The van der Waals surface area contributed by atoms with Crippen LogP contribution in [-0.4, -0.2) is 55.0 Å². The number of carboxylic acid groups (broad SMARTS) is 1. The third-order valence-corrected chi connectivity index (χ3v) is 6.69. The van der Waals surface area contributed by atoms with Crippen molar-refractivity contribution in [1.29, 1.82) is 0 Å². The number of rotatable bonds is 3. The number of hydrogen-bond acceptors (Lipinski definition) is 5. The first-order valence-corrected chi connectivity index (χ1v) is 11.1. The average molecular weight is 402 g/mol. The lowest BCUT2D eigenvalue weighted by molar-refractivity contribution is 0.0818. The van der Waals surface area contributed by atoms with Crippen LogP contribution in [0.25, 0.3) is 11.1 Å². The van der Waals surface area contributed by atoms with Gasteiger partial charge in [-0.2, -0.15) is 0 Å². The summed E-state index contributed by atoms with van der Waals surface area (Å²) in [5.41, 5.74) is 2.86. The zero-order chi connectivity index (χ0) is 19.9. The second-order valence-corrected chi connectivity index (χ2v) is 9.47. The molecule has 0 saturated carbocycles. The number of hydrogen-bond donors (Lipinski definition) is 1. The first-order valence-electron chi connectivity index (χ1n) is 9.25. The molecule has 0 aliphatic carbocycles. The van der Waals surface area contributed by atoms with Gasteiger partial charge in [-0.25, -0.2) is 18.2 Å². The molecule has 8 heteroatoms. The van der Waals surface area contributed by atoms with Crippen LogP contribution in [0, 0.1) is 5.92 Å². The molecule has 1 unspecified atom stereocenters. The van der Waals surface area contributed by atoms with Crippen LogP contribution < -0.4 is 4.74 Å². The summed E-state index contributed by atoms with van der Waals surface area (Å²) in [6.07, 6.45) is 4.45. The number of fused-ring (bicyclic) bond motifs is 1. The number of amides is 1. The lowest BCUT2D eigenvalue weighted by atomic mass is 9.89. The average Bonchev–Trinajstić information content (AvgIpc) is 3.11. The number of pyridine rings is 1. The Labute approximate surface area is 163 Å². The molecular weight excluding hydrogens is 380 g/mol. The van der Waals surface area contributed by atoms with Gasteiger partial charge in [-0.15, -0.1) is 0 Å². The molecule has 2 aromatic rings. The maximum Gasteiger partial charge on any atom is 0.407 e. The molecule has 3 heterocycles. The van der Waals surface area contributed by atoms with Gasteiger partial charge in [0, 0.05) is 43.1 Å². The quantitative estimate of drug-likeness (QED) is 0.848. The van der Waals surface area contributed by atoms with Gasteiger partial charge in [0.1, 0.15) is 6.10 Å². The van der Waals surface area contributed by atoms with E-state index in [1.807, 2.05) is 6.07 Å². The first kappa shape index (κ1) is 18.7. The minimum absolute atomic E-state index is 0.0290. The molecule has 1 fully saturated rings. The molecule has 1 saturated heterocycles. The van der Waals surface area contributed by atoms with Crippen LogP contribution >= 0.6 is 0 Å². The first-order chi connectivity index (χ1) is 13.3. The van der Waals surface area contributed by atoms with Gasteiger partial charge in [0.05, 0.1) is 4.90 Å². The fraction of sp³-hybridized carbons (Fsp3) is 0.400. The van der Waals surface area contributed by atoms with Crippen molar-refractivity contribution in [3.05, 3.63) is 42.1 Å². The van der Waals surface area contributed by atoms with E-state index in [1.54, 1.807) is 30.5 Å². The summed E-state index contributed by atoms with van der Waals surface area (Å²) in [6.45, 7) is 1.09. The lowest BCUT2D eigenvalue weighted by Gasteiger charge is -2.32. The van der Waals surface area contributed by atoms with Gasteiger partial charge in [-0.1, -0.05) is 12.1 Å². The van der Waals surface area contributed by atoms with E-state index in [9.17, 15) is 13.2 Å². The number of benzene rings is 1. The van der Waals surface area contributed by atoms with Crippen LogP contribution in [0.15, 0.2) is 41.4 Å². The molecule has 4 rings (SSSR count). The molecule has 2 aliphatic heterocycles. The Morgan fingerprint density at radius 1 is 1.18 bits per heavy atom. The molecule has 1 atom stereocenters. The Morgan fingerprint density at radius 3 is 2.46 bits per heavy atom. The van der Waals surface area contributed by atoms with Crippen molar-refractivity contribution in [1.82, 2.24) is 9.88 Å². The Hall–Kier alpha value is -2.61. The molecule has 2 aliphatic rings. The summed E-state index contributed by atoms with van der Waals surface area (Å²) < 4.78 is 29.3. The smallest absolute Gasteiger partial charge is 0.407 e. The maximum atomic E-state index is 11.6. The van der Waals surface area contributed by atoms with E-state index in [0.29, 0.717) is 29.8 Å². The monoisotopic (exact) mass is 402 g/mol. The van der Waals surface area contributed by atoms with Crippen molar-refractivity contribution in [3.63, 3.8) is 0 Å². The highest BCUT2D eigenvalue weighted by Gasteiger charge is 2.34. The summed E-state index contributed by atoms with van der Waals surface area (Å²) in [4.78, 5) is 17.3. The summed E-state index contributed by atoms with van der Waals surface area (Å²) in [6, 6.07) is 8.83. The number of nitrogens with zero attached hydrogens (tertiary/aromatic N) is 2. The van der Waals surface area contributed by atoms with Crippen LogP contribution in [0.2, 0.25) is 0 Å². The Balaban J connectivity index is 1.47. The lowest BCUT2D eigenvalue weighted by Crippen LogP contribution is -2.41. The molecular formula is C20H22N2O5S. The highest BCUT2D eigenvalue weighted by molar-refractivity contribution is 7.90. The van der Waals surface area contributed by atoms with E-state index < -0.39 is 15.9 Å². The topological polar surface area (TPSA) is 96.8 Å². The van der Waals surface area contributed by atoms with E-state index in [4.69, 9.17) is 9.84 Å². The predicted octanol–water partition coefficient (Wildman–Crippen LogP) is 2.85. The third kappa shape index (κ3) is 3.69. The second-order valence-electron chi connectivity index (χ2n) is 7.45. The van der Waals surface area contributed by atoms with Crippen LogP contribution in [0.5, 0.6) is 5.88 Å². The van der Waals surface area contributed by atoms with Crippen molar-refractivity contribution in [2.24, 2.45) is 5.92 Å². The number of ether oxygens (including phenoxy) is 1. The maximum absolute atomic E-state index is 11.6. The summed E-state index contributed by atoms with van der Waals surface area (Å²) in [7, 11) is -3.22. The molecule has 0 spiro atoms. The third-order valence-electron chi connectivity index (χ3n) is 5.56. The van der Waals surface area contributed by atoms with Gasteiger partial charge in [0.25, 0.3) is 0 Å². The van der Waals surface area contributed by atoms with Gasteiger partial charge in [0.2, 0.25) is 5.88 Å². The molecule has 1 aromatic carbocycles. The summed E-state index contributed by atoms with van der Waals surface area (Å²) in [5.74, 6) is 0.962. The van der Waals surface area contributed by atoms with Gasteiger partial charge < -0.3 is 14.7 Å². The SMILES string of the molecule is CS(=O)(=O)c1ccc(-c2cnc3c(c2)CC(C2CCN(C(=O)O)CC2)O3)cc1. The van der Waals surface area contributed by atoms with Gasteiger partial charge in [0.15, 0.2) is 9.84 Å². The molecule has 28 heavy (non-hydrogen) atoms. The fourth-order valence-corrected chi connectivity index (χ4v) is 4.56. The standard InChI is InChI=1S/C20H22N2O5S/c1-28(25,26)17-4-2-13(3-5-17)16-10-15-11-18(27-19(15)21-12-16)14-6-8-22(9-7-14)20(23)24/h2-5,10,12,14,18H,6-9,11H2,1H3,(H,23,24). The van der Waals surface area contributed by atoms with Crippen molar-refractivity contribution in [3.8, 4) is 17.0 Å². The molecule has 148 valence electrons. The number of carbonyl (C=O) groups is 1. The molecule has 1 N–H and O–H groups in total. The fourth-order valence-electron chi connectivity index (χ4n) is 3.93. The Kier molecular flexibility index (Phi) is 4.74. The number of aromatic nitrogens is 1. The van der Waals surface area contributed by atoms with Crippen LogP contribution in [0.4, 0.5) is 4.79 Å². The number of sulfone groups is 1. The van der Waals surface area contributed by atoms with Crippen molar-refractivity contribution < 1.29 is 23.1 Å². The Morgan fingerprint density at radius 2 is 1.86 bits per heavy atom. The van der Waals surface area contributed by atoms with Gasteiger partial charge in [-0.3, -0.25) is 0 Å². The van der Waals surface area contributed by atoms with E-state index in [2.05, 4.69) is 4.98 Å². The number of piperidine rings is 1. The van der Waals surface area contributed by atoms with Gasteiger partial charge in [-0.05, 0) is 42.5 Å². The molecule has 7 nitrogen and oxygen atoms in total. The molecule has 0 bridgehead atoms. The van der Waals surface area contributed by atoms with Crippen molar-refractivity contribution in [2.75, 3.05) is 19.3 Å². The molecule has 1 amide bonds. The van der Waals surface area contributed by atoms with Crippen molar-refractivity contribution >= 4 is 15.9 Å². The summed E-state index contributed by atoms with van der Waals surface area (Å²) in [5, 5.41) is 9.08. The minimum Gasteiger partial charge on any atom is -0.473 e. The Bertz CT molecular complexity index is 996. The van der Waals surface area contributed by atoms with Crippen LogP contribution in [0.1, 0.15) is 18.4 Å². The highest BCUT2D eigenvalue weighted by Crippen LogP contribution is 2.36.